The molecule has 5 unspecified atom stereocenters. The highest BCUT2D eigenvalue weighted by Crippen LogP contribution is 2.55. The molecule has 1 N–H and O–H groups in total. The number of alkyl halides is 3. The van der Waals surface area contributed by atoms with E-state index in [4.69, 9.17) is 14.0 Å². The number of rotatable bonds is 9. The molecule has 1 saturated heterocycles. The van der Waals surface area contributed by atoms with Crippen molar-refractivity contribution in [1.29, 1.82) is 0 Å². The van der Waals surface area contributed by atoms with Gasteiger partial charge in [0.1, 0.15) is 12.2 Å². The van der Waals surface area contributed by atoms with Crippen molar-refractivity contribution in [3.8, 4) is 5.75 Å². The fourth-order valence-electron chi connectivity index (χ4n) is 8.32. The Hall–Kier alpha value is -6.32. The molecule has 2 aliphatic carbocycles. The molecule has 14 heteroatoms. The van der Waals surface area contributed by atoms with Gasteiger partial charge < -0.3 is 14.9 Å². The molecule has 3 fully saturated rings. The summed E-state index contributed by atoms with van der Waals surface area (Å²) in [7, 11) is -3.97. The summed E-state index contributed by atoms with van der Waals surface area (Å²) in [5.74, 6) is -1.68. The molecule has 68 heavy (non-hydrogen) atoms. The van der Waals surface area contributed by atoms with Gasteiger partial charge in [-0.3, -0.25) is 8.98 Å². The van der Waals surface area contributed by atoms with Crippen LogP contribution in [-0.4, -0.2) is 42.9 Å². The Kier molecular flexibility index (Phi) is 16.5. The summed E-state index contributed by atoms with van der Waals surface area (Å²) < 4.78 is 72.7. The number of esters is 1. The summed E-state index contributed by atoms with van der Waals surface area (Å²) in [6.07, 6.45) is -3.37. The van der Waals surface area contributed by atoms with Crippen LogP contribution in [0.15, 0.2) is 230 Å². The molecule has 7 aromatic carbocycles. The molecule has 7 aromatic rings. The Morgan fingerprint density at radius 3 is 1.44 bits per heavy atom. The van der Waals surface area contributed by atoms with Crippen molar-refractivity contribution in [2.45, 2.75) is 79.2 Å². The van der Waals surface area contributed by atoms with E-state index in [1.165, 1.54) is 51.1 Å². The Bertz CT molecular complexity index is 2710. The average Bonchev–Trinajstić information content (AvgIpc) is 3.99. The van der Waals surface area contributed by atoms with E-state index in [0.29, 0.717) is 17.7 Å². The SMILES string of the molecule is CCC(=O)OC1C2CC3C1OS(=O)(=O)C3C2.FC(F)(F)c1cccc([S+](c2ccccc2)c2ccccc2)c1.O=C(O)c1ccccc1[O-].c1ccc([S+](c2ccccc2)c2ccccc2)cc1. The first-order valence-corrected chi connectivity index (χ1v) is 25.7. The van der Waals surface area contributed by atoms with Gasteiger partial charge in [0.05, 0.1) is 38.2 Å². The van der Waals surface area contributed by atoms with E-state index in [1.807, 2.05) is 60.7 Å². The summed E-state index contributed by atoms with van der Waals surface area (Å²) in [6, 6.07) is 62.6. The number of benzene rings is 7. The molecule has 1 heterocycles. The number of fused-ring (bicyclic) bond motifs is 1. The Morgan fingerprint density at radius 1 is 0.632 bits per heavy atom. The summed E-state index contributed by atoms with van der Waals surface area (Å²) >= 11 is 0. The predicted octanol–water partition coefficient (Wildman–Crippen LogP) is 11.5. The molecule has 2 saturated carbocycles. The molecule has 0 amide bonds. The highest BCUT2D eigenvalue weighted by molar-refractivity contribution is 7.97. The second-order valence-corrected chi connectivity index (χ2v) is 21.6. The quantitative estimate of drug-likeness (QED) is 0.0860. The van der Waals surface area contributed by atoms with Gasteiger partial charge in [-0.25, -0.2) is 4.79 Å². The van der Waals surface area contributed by atoms with E-state index in [0.717, 1.165) is 22.3 Å². The number of carbonyl (C=O) groups excluding carboxylic acids is 1. The van der Waals surface area contributed by atoms with E-state index < -0.39 is 50.6 Å². The maximum absolute atomic E-state index is 13.0. The average molecular weight is 978 g/mol. The third-order valence-corrected chi connectivity index (χ3v) is 17.6. The highest BCUT2D eigenvalue weighted by atomic mass is 32.2. The minimum absolute atomic E-state index is 0.0146. The molecule has 3 aliphatic rings. The van der Waals surface area contributed by atoms with Gasteiger partial charge in [-0.2, -0.15) is 21.6 Å². The van der Waals surface area contributed by atoms with E-state index in [9.17, 15) is 36.3 Å². The van der Waals surface area contributed by atoms with Crippen LogP contribution in [-0.2, 0) is 51.8 Å². The first-order valence-electron chi connectivity index (χ1n) is 21.8. The maximum atomic E-state index is 13.0. The molecular formula is C54H48F3O8S3+. The second kappa shape index (κ2) is 22.7. The largest absolute Gasteiger partial charge is 0.872 e. The standard InChI is InChI=1S/C19H14F3S.C18H15S.C10H14O5S.C7H6O3/c20-19(21,22)15-8-7-13-18(14-15)23(16-9-3-1-4-10-16)17-11-5-2-6-12-17;1-4-10-16(11-5-1)19(17-12-6-2-7-13-17)18-14-8-3-9-15-18;1-2-8(11)14-9-5-3-6-7(4-5)16(12,13)15-10(6)9;8-6-4-2-1-3-5(6)7(9)10/h1-14H;1-15H;5-7,9-10H,2-4H2,1H3;1-4,8H,(H,9,10)/q2*+1;;/p-1. The topological polar surface area (TPSA) is 130 Å². The lowest BCUT2D eigenvalue weighted by Gasteiger charge is -2.24. The number of ether oxygens (including phenoxy) is 1. The van der Waals surface area contributed by atoms with Gasteiger partial charge >= 0.3 is 18.1 Å². The predicted molar refractivity (Wildman–Crippen MR) is 255 cm³/mol. The molecule has 2 bridgehead atoms. The minimum atomic E-state index is -4.33. The summed E-state index contributed by atoms with van der Waals surface area (Å²) in [6.45, 7) is 1.73. The van der Waals surface area contributed by atoms with Crippen LogP contribution in [0.3, 0.4) is 0 Å². The Balaban J connectivity index is 0.000000139. The fraction of sp³-hybridized carbons (Fsp3) is 0.185. The molecule has 350 valence electrons. The molecule has 8 nitrogen and oxygen atoms in total. The normalized spacial score (nSPS) is 19.4. The van der Waals surface area contributed by atoms with Crippen LogP contribution in [0, 0.1) is 11.8 Å². The zero-order valence-electron chi connectivity index (χ0n) is 36.7. The lowest BCUT2D eigenvalue weighted by atomic mass is 9.94. The van der Waals surface area contributed by atoms with E-state index in [-0.39, 0.29) is 45.6 Å². The van der Waals surface area contributed by atoms with E-state index in [1.54, 1.807) is 13.0 Å². The van der Waals surface area contributed by atoms with Crippen LogP contribution >= 0.6 is 0 Å². The summed E-state index contributed by atoms with van der Waals surface area (Å²) in [5, 5.41) is 18.7. The van der Waals surface area contributed by atoms with Crippen molar-refractivity contribution in [2.75, 3.05) is 0 Å². The molecule has 0 radical (unpaired) electrons. The first kappa shape index (κ1) is 49.6. The number of carboxylic acid groups (broad SMARTS) is 1. The summed E-state index contributed by atoms with van der Waals surface area (Å²) in [4.78, 5) is 28.2. The Labute approximate surface area is 400 Å². The second-order valence-electron chi connectivity index (χ2n) is 15.8. The van der Waals surface area contributed by atoms with Gasteiger partial charge in [0.15, 0.2) is 29.4 Å². The first-order chi connectivity index (χ1) is 32.7. The van der Waals surface area contributed by atoms with E-state index >= 15 is 0 Å². The van der Waals surface area contributed by atoms with Crippen LogP contribution in [0.4, 0.5) is 13.2 Å². The molecule has 10 rings (SSSR count). The van der Waals surface area contributed by atoms with Gasteiger partial charge in [-0.15, -0.1) is 0 Å². The molecule has 1 aliphatic heterocycles. The van der Waals surface area contributed by atoms with Crippen molar-refractivity contribution < 1.29 is 50.3 Å². The van der Waals surface area contributed by atoms with Gasteiger partial charge in [-0.05, 0) is 91.7 Å². The van der Waals surface area contributed by atoms with Crippen LogP contribution in [0.5, 0.6) is 5.75 Å². The highest BCUT2D eigenvalue weighted by Gasteiger charge is 2.65. The molecule has 5 atom stereocenters. The lowest BCUT2D eigenvalue weighted by molar-refractivity contribution is -0.268. The third kappa shape index (κ3) is 12.2. The molecular weight excluding hydrogens is 930 g/mol. The smallest absolute Gasteiger partial charge is 0.416 e. The fourth-order valence-corrected chi connectivity index (χ4v) is 14.4. The Morgan fingerprint density at radius 2 is 1.04 bits per heavy atom. The number of carboxylic acids is 1. The van der Waals surface area contributed by atoms with Crippen LogP contribution in [0.25, 0.3) is 0 Å². The van der Waals surface area contributed by atoms with Gasteiger partial charge in [0.25, 0.3) is 10.1 Å². The molecule has 0 aromatic heterocycles. The van der Waals surface area contributed by atoms with E-state index in [2.05, 4.69) is 91.0 Å². The van der Waals surface area contributed by atoms with Crippen LogP contribution in [0.2, 0.25) is 0 Å². The number of hydrogen-bond donors (Lipinski definition) is 1. The number of para-hydroxylation sites is 1. The van der Waals surface area contributed by atoms with Gasteiger partial charge in [0.2, 0.25) is 0 Å². The lowest BCUT2D eigenvalue weighted by Crippen LogP contribution is -2.37. The van der Waals surface area contributed by atoms with Gasteiger partial charge in [0, 0.05) is 24.3 Å². The maximum Gasteiger partial charge on any atom is 0.416 e. The van der Waals surface area contributed by atoms with Crippen molar-refractivity contribution in [1.82, 2.24) is 0 Å². The molecule has 0 spiro atoms. The summed E-state index contributed by atoms with van der Waals surface area (Å²) in [5.41, 5.74) is -0.790. The zero-order valence-corrected chi connectivity index (χ0v) is 39.2. The van der Waals surface area contributed by atoms with Crippen LogP contribution in [0.1, 0.15) is 42.1 Å². The van der Waals surface area contributed by atoms with Crippen molar-refractivity contribution in [3.05, 3.63) is 211 Å². The number of aromatic carboxylic acids is 1. The number of halogens is 3. The van der Waals surface area contributed by atoms with Crippen molar-refractivity contribution in [2.24, 2.45) is 11.8 Å². The monoisotopic (exact) mass is 977 g/mol. The van der Waals surface area contributed by atoms with Crippen molar-refractivity contribution >= 4 is 43.8 Å². The number of hydrogen-bond acceptors (Lipinski definition) is 7. The van der Waals surface area contributed by atoms with Crippen LogP contribution < -0.4 is 5.11 Å². The van der Waals surface area contributed by atoms with Gasteiger partial charge in [-0.1, -0.05) is 128 Å². The minimum Gasteiger partial charge on any atom is -0.872 e. The zero-order chi connectivity index (χ0) is 48.3. The van der Waals surface area contributed by atoms with Crippen molar-refractivity contribution in [3.63, 3.8) is 0 Å². The third-order valence-electron chi connectivity index (χ3n) is 11.4. The number of carbonyl (C=O) groups is 2.